The van der Waals surface area contributed by atoms with Gasteiger partial charge in [-0.15, -0.1) is 0 Å². The van der Waals surface area contributed by atoms with E-state index in [2.05, 4.69) is 32.6 Å². The van der Waals surface area contributed by atoms with Gasteiger partial charge in [0, 0.05) is 12.0 Å². The number of nitrogens with zero attached hydrogens (tertiary/aromatic N) is 1. The summed E-state index contributed by atoms with van der Waals surface area (Å²) in [5.74, 6) is 0. The van der Waals surface area contributed by atoms with Crippen molar-refractivity contribution >= 4 is 23.2 Å². The summed E-state index contributed by atoms with van der Waals surface area (Å²) in [7, 11) is 0. The highest BCUT2D eigenvalue weighted by atomic mass is 35.5. The third-order valence-electron chi connectivity index (χ3n) is 3.81. The molecule has 0 radical (unpaired) electrons. The van der Waals surface area contributed by atoms with Crippen molar-refractivity contribution < 1.29 is 5.11 Å². The Morgan fingerprint density at radius 1 is 1.16 bits per heavy atom. The molecule has 0 heterocycles. The van der Waals surface area contributed by atoms with Gasteiger partial charge < -0.3 is 5.11 Å². The molecule has 0 spiro atoms. The molecule has 19 heavy (non-hydrogen) atoms. The number of hydrogen-bond donors (Lipinski definition) is 1. The molecule has 1 aromatic rings. The minimum Gasteiger partial charge on any atom is -0.391 e. The maximum absolute atomic E-state index is 10.5. The van der Waals surface area contributed by atoms with Gasteiger partial charge in [-0.25, -0.2) is 0 Å². The molecule has 1 N–H and O–H groups in total. The largest absolute Gasteiger partial charge is 0.391 e. The third-order valence-corrected chi connectivity index (χ3v) is 4.55. The van der Waals surface area contributed by atoms with Gasteiger partial charge in [-0.05, 0) is 44.6 Å². The van der Waals surface area contributed by atoms with Crippen molar-refractivity contribution in [2.75, 3.05) is 13.1 Å². The van der Waals surface area contributed by atoms with Gasteiger partial charge in [0.1, 0.15) is 0 Å². The van der Waals surface area contributed by atoms with Crippen LogP contribution >= 0.6 is 23.2 Å². The quantitative estimate of drug-likeness (QED) is 0.858. The van der Waals surface area contributed by atoms with Crippen LogP contribution in [0, 0.1) is 0 Å². The van der Waals surface area contributed by atoms with E-state index in [-0.39, 0.29) is 5.54 Å². The average molecular weight is 304 g/mol. The Morgan fingerprint density at radius 2 is 1.74 bits per heavy atom. The van der Waals surface area contributed by atoms with Crippen LogP contribution in [0.4, 0.5) is 0 Å². The van der Waals surface area contributed by atoms with Crippen LogP contribution in [0.25, 0.3) is 0 Å². The third kappa shape index (κ3) is 4.09. The van der Waals surface area contributed by atoms with Crippen LogP contribution in [0.15, 0.2) is 18.2 Å². The van der Waals surface area contributed by atoms with Gasteiger partial charge in [0.05, 0.1) is 16.1 Å². The summed E-state index contributed by atoms with van der Waals surface area (Å²) in [4.78, 5) is 2.26. The summed E-state index contributed by atoms with van der Waals surface area (Å²) in [5, 5.41) is 11.6. The average Bonchev–Trinajstić information content (AvgIpc) is 2.35. The molecule has 1 unspecified atom stereocenters. The summed E-state index contributed by atoms with van der Waals surface area (Å²) >= 11 is 11.9. The second-order valence-electron chi connectivity index (χ2n) is 5.29. The molecule has 0 saturated heterocycles. The number of rotatable bonds is 6. The highest BCUT2D eigenvalue weighted by molar-refractivity contribution is 6.42. The van der Waals surface area contributed by atoms with E-state index in [1.54, 1.807) is 6.07 Å². The van der Waals surface area contributed by atoms with E-state index < -0.39 is 6.10 Å². The van der Waals surface area contributed by atoms with Crippen LogP contribution in [-0.4, -0.2) is 34.7 Å². The van der Waals surface area contributed by atoms with Crippen molar-refractivity contribution in [3.63, 3.8) is 0 Å². The van der Waals surface area contributed by atoms with Crippen molar-refractivity contribution in [2.24, 2.45) is 0 Å². The predicted octanol–water partition coefficient (Wildman–Crippen LogP) is 4.02. The van der Waals surface area contributed by atoms with E-state index in [1.807, 2.05) is 12.1 Å². The Kier molecular flexibility index (Phi) is 6.13. The van der Waals surface area contributed by atoms with E-state index in [0.717, 1.165) is 18.7 Å². The standard InChI is InChI=1S/C15H23Cl2NO/c1-5-18(6-2)15(3,4)14(19)10-11-7-8-12(16)13(17)9-11/h7-9,14,19H,5-6,10H2,1-4H3. The highest BCUT2D eigenvalue weighted by Crippen LogP contribution is 2.26. The zero-order valence-electron chi connectivity index (χ0n) is 12.1. The lowest BCUT2D eigenvalue weighted by atomic mass is 9.90. The molecule has 1 rings (SSSR count). The van der Waals surface area contributed by atoms with Gasteiger partial charge in [-0.2, -0.15) is 0 Å². The molecule has 0 fully saturated rings. The number of aliphatic hydroxyl groups is 1. The Bertz CT molecular complexity index is 417. The fraction of sp³-hybridized carbons (Fsp3) is 0.600. The zero-order valence-corrected chi connectivity index (χ0v) is 13.6. The number of benzene rings is 1. The van der Waals surface area contributed by atoms with Gasteiger partial charge in [-0.3, -0.25) is 4.90 Å². The van der Waals surface area contributed by atoms with Crippen molar-refractivity contribution in [3.8, 4) is 0 Å². The van der Waals surface area contributed by atoms with Crippen molar-refractivity contribution in [1.82, 2.24) is 4.90 Å². The van der Waals surface area contributed by atoms with Gasteiger partial charge in [0.25, 0.3) is 0 Å². The Hall–Kier alpha value is -0.280. The number of halogens is 2. The molecule has 0 aliphatic heterocycles. The first-order valence-corrected chi connectivity index (χ1v) is 7.45. The molecule has 0 saturated carbocycles. The first-order valence-electron chi connectivity index (χ1n) is 6.69. The molecule has 4 heteroatoms. The summed E-state index contributed by atoms with van der Waals surface area (Å²) in [6.45, 7) is 10.2. The lowest BCUT2D eigenvalue weighted by molar-refractivity contribution is -0.00414. The minimum absolute atomic E-state index is 0.268. The van der Waals surface area contributed by atoms with Crippen LogP contribution in [0.1, 0.15) is 33.3 Å². The molecule has 1 atom stereocenters. The van der Waals surface area contributed by atoms with Crippen LogP contribution in [0.5, 0.6) is 0 Å². The lowest BCUT2D eigenvalue weighted by Gasteiger charge is -2.41. The molecule has 0 aromatic heterocycles. The zero-order chi connectivity index (χ0) is 14.6. The molecular weight excluding hydrogens is 281 g/mol. The molecule has 0 aliphatic carbocycles. The SMILES string of the molecule is CCN(CC)C(C)(C)C(O)Cc1ccc(Cl)c(Cl)c1. The normalized spacial score (nSPS) is 13.9. The van der Waals surface area contributed by atoms with Crippen LogP contribution in [0.2, 0.25) is 10.0 Å². The van der Waals surface area contributed by atoms with Gasteiger partial charge in [-0.1, -0.05) is 43.1 Å². The molecular formula is C15H23Cl2NO. The summed E-state index contributed by atoms with van der Waals surface area (Å²) < 4.78 is 0. The van der Waals surface area contributed by atoms with Gasteiger partial charge >= 0.3 is 0 Å². The second kappa shape index (κ2) is 6.94. The first-order chi connectivity index (χ1) is 8.82. The lowest BCUT2D eigenvalue weighted by Crippen LogP contribution is -2.53. The topological polar surface area (TPSA) is 23.5 Å². The molecule has 1 aromatic carbocycles. The maximum atomic E-state index is 10.5. The molecule has 2 nitrogen and oxygen atoms in total. The summed E-state index contributed by atoms with van der Waals surface area (Å²) in [5.41, 5.74) is 0.734. The van der Waals surface area contributed by atoms with Crippen LogP contribution in [-0.2, 0) is 6.42 Å². The van der Waals surface area contributed by atoms with Crippen LogP contribution < -0.4 is 0 Å². The molecule has 0 bridgehead atoms. The van der Waals surface area contributed by atoms with E-state index in [9.17, 15) is 5.11 Å². The number of likely N-dealkylation sites (N-methyl/N-ethyl adjacent to an activating group) is 1. The molecule has 0 aliphatic rings. The second-order valence-corrected chi connectivity index (χ2v) is 6.11. The number of hydrogen-bond acceptors (Lipinski definition) is 2. The monoisotopic (exact) mass is 303 g/mol. The molecule has 108 valence electrons. The summed E-state index contributed by atoms with van der Waals surface area (Å²) in [6, 6.07) is 5.51. The Labute approximate surface area is 126 Å². The van der Waals surface area contributed by atoms with Gasteiger partial charge in [0.2, 0.25) is 0 Å². The first kappa shape index (κ1) is 16.8. The van der Waals surface area contributed by atoms with E-state index in [0.29, 0.717) is 16.5 Å². The fourth-order valence-corrected chi connectivity index (χ4v) is 2.71. The van der Waals surface area contributed by atoms with E-state index in [4.69, 9.17) is 23.2 Å². The fourth-order valence-electron chi connectivity index (χ4n) is 2.39. The van der Waals surface area contributed by atoms with Crippen LogP contribution in [0.3, 0.4) is 0 Å². The van der Waals surface area contributed by atoms with Crippen molar-refractivity contribution in [2.45, 2.75) is 45.8 Å². The van der Waals surface area contributed by atoms with Crippen molar-refractivity contribution in [1.29, 1.82) is 0 Å². The summed E-state index contributed by atoms with van der Waals surface area (Å²) in [6.07, 6.45) is 0.116. The minimum atomic E-state index is -0.454. The predicted molar refractivity (Wildman–Crippen MR) is 83.2 cm³/mol. The highest BCUT2D eigenvalue weighted by Gasteiger charge is 2.32. The Balaban J connectivity index is 2.83. The van der Waals surface area contributed by atoms with E-state index in [1.165, 1.54) is 0 Å². The van der Waals surface area contributed by atoms with E-state index >= 15 is 0 Å². The Morgan fingerprint density at radius 3 is 2.21 bits per heavy atom. The number of aliphatic hydroxyl groups excluding tert-OH is 1. The smallest absolute Gasteiger partial charge is 0.0758 e. The maximum Gasteiger partial charge on any atom is 0.0758 e. The van der Waals surface area contributed by atoms with Crippen molar-refractivity contribution in [3.05, 3.63) is 33.8 Å². The molecule has 0 amide bonds. The van der Waals surface area contributed by atoms with Gasteiger partial charge in [0.15, 0.2) is 0 Å².